The van der Waals surface area contributed by atoms with Crippen LogP contribution in [0.3, 0.4) is 0 Å². The van der Waals surface area contributed by atoms with Crippen molar-refractivity contribution in [3.8, 4) is 0 Å². The summed E-state index contributed by atoms with van der Waals surface area (Å²) in [5, 5.41) is -7.24. The molecule has 0 aromatic rings. The third kappa shape index (κ3) is 2.97. The van der Waals surface area contributed by atoms with Crippen molar-refractivity contribution in [2.75, 3.05) is 0 Å². The van der Waals surface area contributed by atoms with Crippen molar-refractivity contribution >= 4 is 26.5 Å². The lowest BCUT2D eigenvalue weighted by molar-refractivity contribution is -0.332. The van der Waals surface area contributed by atoms with Crippen molar-refractivity contribution in [3.05, 3.63) is 0 Å². The Labute approximate surface area is 110 Å². The third-order valence-electron chi connectivity index (χ3n) is 1.64. The molecule has 0 heterocycles. The third-order valence-corrected chi connectivity index (χ3v) is 4.86. The van der Waals surface area contributed by atoms with Gasteiger partial charge in [0.1, 0.15) is 0 Å². The molecule has 0 fully saturated rings. The summed E-state index contributed by atoms with van der Waals surface area (Å²) in [5.74, 6) is -7.35. The fraction of sp³-hybridized carbons (Fsp3) is 0.750. The van der Waals surface area contributed by atoms with Crippen LogP contribution in [0, 0.1) is 0 Å². The second-order valence-corrected chi connectivity index (χ2v) is 6.32. The zero-order valence-electron chi connectivity index (χ0n) is 8.91. The van der Waals surface area contributed by atoms with Gasteiger partial charge in [0.15, 0.2) is 0 Å². The van der Waals surface area contributed by atoms with Crippen molar-refractivity contribution in [2.24, 2.45) is 5.73 Å². The highest BCUT2D eigenvalue weighted by Crippen LogP contribution is 2.50. The molecular formula is C4H2F8N2O5S2. The second-order valence-electron chi connectivity index (χ2n) is 3.07. The predicted octanol–water partition coefficient (Wildman–Crippen LogP) is 0.702. The molecule has 126 valence electrons. The number of nitrogens with zero attached hydrogens (tertiary/aromatic N) is 1. The summed E-state index contributed by atoms with van der Waals surface area (Å²) in [4.78, 5) is 10.3. The number of alkyl halides is 7. The van der Waals surface area contributed by atoms with Crippen LogP contribution >= 0.6 is 0 Å². The topological polar surface area (TPSA) is 115 Å². The number of nitrogens with two attached hydrogens (primary N) is 1. The van der Waals surface area contributed by atoms with Crippen LogP contribution in [0.25, 0.3) is 0 Å². The van der Waals surface area contributed by atoms with Gasteiger partial charge in [-0.15, -0.1) is 0 Å². The number of hydrogen-bond donors (Lipinski definition) is 1. The van der Waals surface area contributed by atoms with E-state index in [4.69, 9.17) is 0 Å². The van der Waals surface area contributed by atoms with E-state index in [-0.39, 0.29) is 0 Å². The molecule has 21 heavy (non-hydrogen) atoms. The molecule has 0 unspecified atom stereocenters. The number of hydrogen-bond acceptors (Lipinski definition) is 5. The first kappa shape index (κ1) is 19.6. The molecule has 0 aliphatic heterocycles. The Morgan fingerprint density at radius 2 is 1.24 bits per heavy atom. The first-order valence-electron chi connectivity index (χ1n) is 3.93. The molecule has 2 amide bonds. The van der Waals surface area contributed by atoms with Gasteiger partial charge in [-0.3, -0.25) is 0 Å². The number of halogens is 8. The van der Waals surface area contributed by atoms with Gasteiger partial charge in [-0.1, -0.05) is 7.60 Å². The minimum Gasteiger partial charge on any atom is -0.350 e. The van der Waals surface area contributed by atoms with Crippen molar-refractivity contribution in [1.29, 1.82) is 0 Å². The summed E-state index contributed by atoms with van der Waals surface area (Å²) in [6.07, 6.45) is -7.17. The smallest absolute Gasteiger partial charge is 0.350 e. The Kier molecular flexibility index (Phi) is 4.50. The van der Waals surface area contributed by atoms with Gasteiger partial charge in [0.25, 0.3) is 0 Å². The van der Waals surface area contributed by atoms with Crippen LogP contribution in [0.2, 0.25) is 0 Å². The fourth-order valence-electron chi connectivity index (χ4n) is 0.774. The Bertz CT molecular complexity index is 636. The van der Waals surface area contributed by atoms with Crippen LogP contribution in [-0.4, -0.2) is 43.9 Å². The summed E-state index contributed by atoms with van der Waals surface area (Å²) in [6, 6.07) is -3.09. The van der Waals surface area contributed by atoms with Crippen LogP contribution in [-0.2, 0) is 20.4 Å². The quantitative estimate of drug-likeness (QED) is 0.575. The average Bonchev–Trinajstić information content (AvgIpc) is 2.10. The highest BCUT2D eigenvalue weighted by Gasteiger charge is 2.80. The number of carbonyl (C=O) groups excluding carboxylic acids is 1. The average molecular weight is 374 g/mol. The normalized spacial score (nSPS) is 14.9. The Morgan fingerprint density at radius 1 is 0.905 bits per heavy atom. The van der Waals surface area contributed by atoms with Crippen LogP contribution in [0.1, 0.15) is 0 Å². The molecular weight excluding hydrogens is 372 g/mol. The van der Waals surface area contributed by atoms with Crippen LogP contribution < -0.4 is 5.73 Å². The summed E-state index contributed by atoms with van der Waals surface area (Å²) in [7, 11) is -14.7. The summed E-state index contributed by atoms with van der Waals surface area (Å²) >= 11 is 0. The van der Waals surface area contributed by atoms with Gasteiger partial charge >= 0.3 is 43.8 Å². The lowest BCUT2D eigenvalue weighted by Crippen LogP contribution is -2.61. The molecule has 0 aromatic heterocycles. The predicted molar refractivity (Wildman–Crippen MR) is 46.3 cm³/mol. The summed E-state index contributed by atoms with van der Waals surface area (Å²) in [5.41, 5.74) is 3.89. The van der Waals surface area contributed by atoms with E-state index >= 15 is 0 Å². The molecule has 2 N–H and O–H groups in total. The Hall–Kier alpha value is -1.39. The van der Waals surface area contributed by atoms with Crippen molar-refractivity contribution < 1.29 is 56.2 Å². The minimum absolute atomic E-state index is 2.61. The van der Waals surface area contributed by atoms with E-state index in [1.165, 1.54) is 0 Å². The van der Waals surface area contributed by atoms with Crippen molar-refractivity contribution in [2.45, 2.75) is 17.4 Å². The molecule has 7 nitrogen and oxygen atoms in total. The first-order valence-corrected chi connectivity index (χ1v) is 6.71. The number of sulfonamides is 1. The van der Waals surface area contributed by atoms with E-state index in [1.807, 2.05) is 0 Å². The highest BCUT2D eigenvalue weighted by molar-refractivity contribution is 8.03. The number of carbonyl (C=O) groups is 1. The molecule has 0 aliphatic carbocycles. The zero-order chi connectivity index (χ0) is 17.7. The maximum absolute atomic E-state index is 12.9. The van der Waals surface area contributed by atoms with Crippen molar-refractivity contribution in [1.82, 2.24) is 3.71 Å². The molecule has 0 bridgehead atoms. The van der Waals surface area contributed by atoms with Gasteiger partial charge in [-0.2, -0.15) is 47.6 Å². The van der Waals surface area contributed by atoms with Gasteiger partial charge in [-0.05, 0) is 0 Å². The van der Waals surface area contributed by atoms with E-state index in [9.17, 15) is 56.2 Å². The fourth-order valence-corrected chi connectivity index (χ4v) is 3.09. The lowest BCUT2D eigenvalue weighted by atomic mass is 10.3. The number of amides is 2. The number of rotatable bonds is 4. The maximum atomic E-state index is 12.9. The van der Waals surface area contributed by atoms with E-state index in [1.54, 1.807) is 0 Å². The maximum Gasteiger partial charge on any atom is 0.461 e. The van der Waals surface area contributed by atoms with E-state index in [0.29, 0.717) is 0 Å². The molecule has 0 aliphatic rings. The first-order chi connectivity index (χ1) is 8.82. The van der Waals surface area contributed by atoms with E-state index in [2.05, 4.69) is 5.73 Å². The van der Waals surface area contributed by atoms with Crippen molar-refractivity contribution in [3.63, 3.8) is 0 Å². The van der Waals surface area contributed by atoms with E-state index in [0.717, 1.165) is 0 Å². The highest BCUT2D eigenvalue weighted by atomic mass is 32.3. The Morgan fingerprint density at radius 3 is 1.43 bits per heavy atom. The molecule has 0 spiro atoms. The molecule has 17 heteroatoms. The Balaban J connectivity index is 6.45. The molecule has 0 aromatic carbocycles. The summed E-state index contributed by atoms with van der Waals surface area (Å²) < 4.78 is 138. The molecule has 0 saturated carbocycles. The molecule has 0 rings (SSSR count). The molecule has 0 atom stereocenters. The zero-order valence-corrected chi connectivity index (χ0v) is 10.5. The van der Waals surface area contributed by atoms with Crippen LogP contribution in [0.4, 0.5) is 39.4 Å². The van der Waals surface area contributed by atoms with Gasteiger partial charge < -0.3 is 5.73 Å². The van der Waals surface area contributed by atoms with Gasteiger partial charge in [0.2, 0.25) is 0 Å². The monoisotopic (exact) mass is 374 g/mol. The molecule has 0 radical (unpaired) electrons. The lowest BCUT2D eigenvalue weighted by Gasteiger charge is -2.29. The standard InChI is InChI=1S/C4H2F8N2O5S2/c5-2(6,3(7,8)9)4(10,11)20(16,17)14(1(13)15)21(12,18)19/h(H2,13,15). The van der Waals surface area contributed by atoms with Gasteiger partial charge in [-0.25, -0.2) is 4.79 Å². The number of urea groups is 1. The van der Waals surface area contributed by atoms with Gasteiger partial charge in [0.05, 0.1) is 0 Å². The molecule has 0 saturated heterocycles. The van der Waals surface area contributed by atoms with E-state index < -0.39 is 47.5 Å². The second kappa shape index (κ2) is 4.82. The SMILES string of the molecule is NC(=O)N(S(=O)(=O)F)S(=O)(=O)C(F)(F)C(F)(F)C(F)(F)F. The largest absolute Gasteiger partial charge is 0.461 e. The van der Waals surface area contributed by atoms with Crippen LogP contribution in [0.15, 0.2) is 0 Å². The number of primary amides is 1. The minimum atomic E-state index is -7.71. The van der Waals surface area contributed by atoms with Crippen LogP contribution in [0.5, 0.6) is 0 Å². The van der Waals surface area contributed by atoms with Gasteiger partial charge in [0, 0.05) is 0 Å². The summed E-state index contributed by atoms with van der Waals surface area (Å²) in [6.45, 7) is 0.